The molecule has 0 bridgehead atoms. The predicted octanol–water partition coefficient (Wildman–Crippen LogP) is 2.67. The molecule has 0 radical (unpaired) electrons. The molecule has 0 aliphatic rings. The fourth-order valence-electron chi connectivity index (χ4n) is 1.29. The number of ketones is 1. The lowest BCUT2D eigenvalue weighted by molar-refractivity contribution is 0.103. The molecule has 0 atom stereocenters. The molecule has 0 N–H and O–H groups in total. The number of aromatic nitrogens is 2. The molecular weight excluding hydrogens is 224 g/mol. The Bertz CT molecular complexity index is 523. The maximum absolute atomic E-state index is 12.0. The number of hydrogen-bond donors (Lipinski definition) is 0. The normalized spacial score (nSPS) is 10.1. The standard InChI is InChI=1S/C12H9ClN2O/c1-8-6-15-11(7-14-8)12(16)9-4-2-3-5-10(9)13/h2-7H,1H3. The average molecular weight is 233 g/mol. The van der Waals surface area contributed by atoms with Crippen LogP contribution in [-0.2, 0) is 0 Å². The fourth-order valence-corrected chi connectivity index (χ4v) is 1.51. The molecule has 0 fully saturated rings. The van der Waals surface area contributed by atoms with Gasteiger partial charge in [0.2, 0.25) is 5.78 Å². The van der Waals surface area contributed by atoms with Crippen molar-refractivity contribution in [3.8, 4) is 0 Å². The molecule has 2 aromatic rings. The van der Waals surface area contributed by atoms with Gasteiger partial charge >= 0.3 is 0 Å². The Morgan fingerprint density at radius 2 is 1.94 bits per heavy atom. The molecule has 0 saturated heterocycles. The van der Waals surface area contributed by atoms with Crippen molar-refractivity contribution in [3.05, 3.63) is 58.6 Å². The third-order valence-electron chi connectivity index (χ3n) is 2.13. The van der Waals surface area contributed by atoms with Gasteiger partial charge in [-0.1, -0.05) is 23.7 Å². The van der Waals surface area contributed by atoms with Crippen molar-refractivity contribution < 1.29 is 4.79 Å². The van der Waals surface area contributed by atoms with Crippen molar-refractivity contribution in [2.24, 2.45) is 0 Å². The van der Waals surface area contributed by atoms with Gasteiger partial charge in [0.25, 0.3) is 0 Å². The summed E-state index contributed by atoms with van der Waals surface area (Å²) in [5.41, 5.74) is 1.52. The Morgan fingerprint density at radius 3 is 2.56 bits per heavy atom. The number of rotatable bonds is 2. The second kappa shape index (κ2) is 4.41. The molecule has 0 aliphatic heterocycles. The zero-order chi connectivity index (χ0) is 11.5. The van der Waals surface area contributed by atoms with Crippen molar-refractivity contribution in [1.29, 1.82) is 0 Å². The number of hydrogen-bond acceptors (Lipinski definition) is 3. The van der Waals surface area contributed by atoms with E-state index < -0.39 is 0 Å². The number of carbonyl (C=O) groups is 1. The highest BCUT2D eigenvalue weighted by atomic mass is 35.5. The quantitative estimate of drug-likeness (QED) is 0.748. The summed E-state index contributed by atoms with van der Waals surface area (Å²) < 4.78 is 0. The average Bonchev–Trinajstić information content (AvgIpc) is 2.30. The summed E-state index contributed by atoms with van der Waals surface area (Å²) in [7, 11) is 0. The van der Waals surface area contributed by atoms with Crippen LogP contribution in [0.4, 0.5) is 0 Å². The summed E-state index contributed by atoms with van der Waals surface area (Å²) in [5, 5.41) is 0.426. The number of aryl methyl sites for hydroxylation is 1. The summed E-state index contributed by atoms with van der Waals surface area (Å²) >= 11 is 5.93. The lowest BCUT2D eigenvalue weighted by Crippen LogP contribution is -2.05. The van der Waals surface area contributed by atoms with E-state index in [2.05, 4.69) is 9.97 Å². The zero-order valence-corrected chi connectivity index (χ0v) is 9.40. The van der Waals surface area contributed by atoms with Gasteiger partial charge in [-0.05, 0) is 19.1 Å². The molecule has 1 heterocycles. The van der Waals surface area contributed by atoms with Crippen LogP contribution in [0.5, 0.6) is 0 Å². The highest BCUT2D eigenvalue weighted by Crippen LogP contribution is 2.17. The van der Waals surface area contributed by atoms with Crippen LogP contribution < -0.4 is 0 Å². The van der Waals surface area contributed by atoms with Crippen molar-refractivity contribution >= 4 is 17.4 Å². The van der Waals surface area contributed by atoms with Crippen LogP contribution in [0.2, 0.25) is 5.02 Å². The predicted molar refractivity (Wildman–Crippen MR) is 61.7 cm³/mol. The first kappa shape index (κ1) is 10.8. The van der Waals surface area contributed by atoms with Crippen molar-refractivity contribution in [2.45, 2.75) is 6.92 Å². The van der Waals surface area contributed by atoms with Crippen LogP contribution in [0.15, 0.2) is 36.7 Å². The minimum Gasteiger partial charge on any atom is -0.287 e. The van der Waals surface area contributed by atoms with Gasteiger partial charge < -0.3 is 0 Å². The van der Waals surface area contributed by atoms with E-state index in [0.717, 1.165) is 5.69 Å². The maximum atomic E-state index is 12.0. The summed E-state index contributed by atoms with van der Waals surface area (Å²) in [4.78, 5) is 20.0. The fraction of sp³-hybridized carbons (Fsp3) is 0.0833. The Kier molecular flexibility index (Phi) is 2.97. The SMILES string of the molecule is Cc1cnc(C(=O)c2ccccc2Cl)cn1. The Balaban J connectivity index is 2.40. The second-order valence-corrected chi connectivity index (χ2v) is 3.76. The van der Waals surface area contributed by atoms with Gasteiger partial charge in [-0.25, -0.2) is 4.98 Å². The minimum atomic E-state index is -0.210. The third kappa shape index (κ3) is 2.09. The molecule has 80 valence electrons. The van der Waals surface area contributed by atoms with E-state index in [9.17, 15) is 4.79 Å². The van der Waals surface area contributed by atoms with E-state index in [1.165, 1.54) is 6.20 Å². The summed E-state index contributed by atoms with van der Waals surface area (Å²) in [6.07, 6.45) is 3.02. The monoisotopic (exact) mass is 232 g/mol. The Morgan fingerprint density at radius 1 is 1.19 bits per heavy atom. The first-order valence-electron chi connectivity index (χ1n) is 4.76. The van der Waals surface area contributed by atoms with Crippen LogP contribution in [0.1, 0.15) is 21.7 Å². The van der Waals surface area contributed by atoms with Crippen LogP contribution >= 0.6 is 11.6 Å². The minimum absolute atomic E-state index is 0.210. The van der Waals surface area contributed by atoms with Crippen LogP contribution in [0.25, 0.3) is 0 Å². The van der Waals surface area contributed by atoms with Gasteiger partial charge in [0, 0.05) is 11.8 Å². The van der Waals surface area contributed by atoms with E-state index in [-0.39, 0.29) is 5.78 Å². The van der Waals surface area contributed by atoms with E-state index in [1.807, 2.05) is 6.92 Å². The van der Waals surface area contributed by atoms with Crippen LogP contribution in [-0.4, -0.2) is 15.8 Å². The highest BCUT2D eigenvalue weighted by Gasteiger charge is 2.13. The first-order valence-corrected chi connectivity index (χ1v) is 5.14. The number of halogens is 1. The molecule has 2 rings (SSSR count). The molecule has 0 aliphatic carbocycles. The molecule has 16 heavy (non-hydrogen) atoms. The van der Waals surface area contributed by atoms with E-state index in [1.54, 1.807) is 30.5 Å². The molecule has 1 aromatic carbocycles. The van der Waals surface area contributed by atoms with Crippen molar-refractivity contribution in [2.75, 3.05) is 0 Å². The lowest BCUT2D eigenvalue weighted by atomic mass is 10.1. The smallest absolute Gasteiger partial charge is 0.214 e. The highest BCUT2D eigenvalue weighted by molar-refractivity contribution is 6.34. The van der Waals surface area contributed by atoms with E-state index in [4.69, 9.17) is 11.6 Å². The van der Waals surface area contributed by atoms with E-state index >= 15 is 0 Å². The largest absolute Gasteiger partial charge is 0.287 e. The maximum Gasteiger partial charge on any atom is 0.214 e. The summed E-state index contributed by atoms with van der Waals surface area (Å²) in [5.74, 6) is -0.210. The first-order chi connectivity index (χ1) is 7.68. The Labute approximate surface area is 98.1 Å². The topological polar surface area (TPSA) is 42.9 Å². The molecule has 0 spiro atoms. The van der Waals surface area contributed by atoms with Gasteiger partial charge in [-0.3, -0.25) is 9.78 Å². The van der Waals surface area contributed by atoms with Crippen LogP contribution in [0, 0.1) is 6.92 Å². The van der Waals surface area contributed by atoms with Gasteiger partial charge in [-0.2, -0.15) is 0 Å². The van der Waals surface area contributed by atoms with E-state index in [0.29, 0.717) is 16.3 Å². The van der Waals surface area contributed by atoms with Crippen LogP contribution in [0.3, 0.4) is 0 Å². The molecule has 0 amide bonds. The number of benzene rings is 1. The summed E-state index contributed by atoms with van der Waals surface area (Å²) in [6, 6.07) is 6.89. The third-order valence-corrected chi connectivity index (χ3v) is 2.46. The van der Waals surface area contributed by atoms with Crippen molar-refractivity contribution in [1.82, 2.24) is 9.97 Å². The number of carbonyl (C=O) groups excluding carboxylic acids is 1. The van der Waals surface area contributed by atoms with Gasteiger partial charge in [0.05, 0.1) is 16.9 Å². The Hall–Kier alpha value is -1.74. The molecular formula is C12H9ClN2O. The van der Waals surface area contributed by atoms with Gasteiger partial charge in [-0.15, -0.1) is 0 Å². The van der Waals surface area contributed by atoms with Gasteiger partial charge in [0.15, 0.2) is 0 Å². The molecule has 0 saturated carbocycles. The molecule has 0 unspecified atom stereocenters. The van der Waals surface area contributed by atoms with Crippen molar-refractivity contribution in [3.63, 3.8) is 0 Å². The number of nitrogens with zero attached hydrogens (tertiary/aromatic N) is 2. The zero-order valence-electron chi connectivity index (χ0n) is 8.64. The summed E-state index contributed by atoms with van der Waals surface area (Å²) in [6.45, 7) is 1.82. The second-order valence-electron chi connectivity index (χ2n) is 3.35. The lowest BCUT2D eigenvalue weighted by Gasteiger charge is -2.02. The molecule has 1 aromatic heterocycles. The van der Waals surface area contributed by atoms with Gasteiger partial charge in [0.1, 0.15) is 5.69 Å². The molecule has 4 heteroatoms. The molecule has 3 nitrogen and oxygen atoms in total.